The summed E-state index contributed by atoms with van der Waals surface area (Å²) in [5.41, 5.74) is 6.36. The highest BCUT2D eigenvalue weighted by molar-refractivity contribution is 5.88. The molecule has 2 aromatic carbocycles. The molecule has 3 rings (SSSR count). The van der Waals surface area contributed by atoms with E-state index in [0.717, 1.165) is 16.5 Å². The second kappa shape index (κ2) is 5.05. The van der Waals surface area contributed by atoms with E-state index in [1.807, 2.05) is 42.5 Å². The van der Waals surface area contributed by atoms with E-state index in [2.05, 4.69) is 15.3 Å². The summed E-state index contributed by atoms with van der Waals surface area (Å²) in [4.78, 5) is 8.12. The molecule has 3 N–H and O–H groups in total. The Balaban J connectivity index is 2.06. The Hall–Kier alpha value is -2.82. The maximum absolute atomic E-state index is 5.97. The zero-order valence-electron chi connectivity index (χ0n) is 11.0. The average Bonchev–Trinajstić information content (AvgIpc) is 2.50. The van der Waals surface area contributed by atoms with Crippen LogP contribution in [0.1, 0.15) is 0 Å². The Morgan fingerprint density at radius 2 is 1.85 bits per heavy atom. The number of nitrogens with one attached hydrogen (secondary N) is 1. The highest BCUT2D eigenvalue weighted by Crippen LogP contribution is 2.33. The van der Waals surface area contributed by atoms with Gasteiger partial charge in [0.15, 0.2) is 5.82 Å². The molecule has 100 valence electrons. The van der Waals surface area contributed by atoms with Gasteiger partial charge >= 0.3 is 0 Å². The quantitative estimate of drug-likeness (QED) is 0.762. The van der Waals surface area contributed by atoms with Crippen LogP contribution in [-0.4, -0.2) is 17.0 Å². The van der Waals surface area contributed by atoms with Crippen molar-refractivity contribution in [3.8, 4) is 11.6 Å². The van der Waals surface area contributed by atoms with Gasteiger partial charge in [0.25, 0.3) is 0 Å². The number of nitrogen functional groups attached to an aromatic ring is 1. The van der Waals surface area contributed by atoms with Crippen molar-refractivity contribution in [2.45, 2.75) is 0 Å². The predicted molar refractivity (Wildman–Crippen MR) is 80.0 cm³/mol. The van der Waals surface area contributed by atoms with Crippen molar-refractivity contribution in [3.05, 3.63) is 48.8 Å². The van der Waals surface area contributed by atoms with Gasteiger partial charge in [0.1, 0.15) is 17.8 Å². The van der Waals surface area contributed by atoms with Gasteiger partial charge in [0.2, 0.25) is 5.88 Å². The minimum absolute atomic E-state index is 0.348. The number of benzene rings is 2. The Morgan fingerprint density at radius 3 is 2.70 bits per heavy atom. The lowest BCUT2D eigenvalue weighted by molar-refractivity contribution is 0.470. The molecule has 5 heteroatoms. The van der Waals surface area contributed by atoms with Gasteiger partial charge < -0.3 is 15.8 Å². The molecule has 0 bridgehead atoms. The smallest absolute Gasteiger partial charge is 0.248 e. The Morgan fingerprint density at radius 1 is 1.05 bits per heavy atom. The van der Waals surface area contributed by atoms with Gasteiger partial charge in [-0.25, -0.2) is 4.98 Å². The van der Waals surface area contributed by atoms with E-state index >= 15 is 0 Å². The van der Waals surface area contributed by atoms with Crippen LogP contribution in [0.15, 0.2) is 48.8 Å². The molecule has 1 heterocycles. The summed E-state index contributed by atoms with van der Waals surface area (Å²) in [6.07, 6.45) is 1.42. The molecule has 0 saturated heterocycles. The fourth-order valence-electron chi connectivity index (χ4n) is 2.05. The van der Waals surface area contributed by atoms with Crippen LogP contribution in [-0.2, 0) is 0 Å². The SMILES string of the molecule is CNc1ncnc(Oc2cccc3ccccc23)c1N. The van der Waals surface area contributed by atoms with Crippen LogP contribution in [0.4, 0.5) is 11.5 Å². The summed E-state index contributed by atoms with van der Waals surface area (Å²) >= 11 is 0. The van der Waals surface area contributed by atoms with E-state index in [1.165, 1.54) is 6.33 Å². The molecule has 20 heavy (non-hydrogen) atoms. The number of aromatic nitrogens is 2. The molecule has 0 aliphatic rings. The number of fused-ring (bicyclic) bond motifs is 1. The Bertz CT molecular complexity index is 752. The molecule has 1 aromatic heterocycles. The first-order valence-corrected chi connectivity index (χ1v) is 6.23. The molecule has 0 fully saturated rings. The Labute approximate surface area is 116 Å². The fraction of sp³-hybridized carbons (Fsp3) is 0.0667. The van der Waals surface area contributed by atoms with Crippen molar-refractivity contribution < 1.29 is 4.74 Å². The minimum Gasteiger partial charge on any atom is -0.436 e. The van der Waals surface area contributed by atoms with Crippen LogP contribution < -0.4 is 15.8 Å². The largest absolute Gasteiger partial charge is 0.436 e. The second-order valence-electron chi connectivity index (χ2n) is 4.27. The number of nitrogens with zero attached hydrogens (tertiary/aromatic N) is 2. The van der Waals surface area contributed by atoms with Gasteiger partial charge in [-0.2, -0.15) is 4.98 Å². The minimum atomic E-state index is 0.348. The van der Waals surface area contributed by atoms with Crippen LogP contribution in [0, 0.1) is 0 Å². The lowest BCUT2D eigenvalue weighted by Crippen LogP contribution is -2.02. The van der Waals surface area contributed by atoms with Gasteiger partial charge in [-0.3, -0.25) is 0 Å². The summed E-state index contributed by atoms with van der Waals surface area (Å²) in [5.74, 6) is 1.62. The highest BCUT2D eigenvalue weighted by atomic mass is 16.5. The molecule has 0 unspecified atom stereocenters. The number of hydrogen-bond acceptors (Lipinski definition) is 5. The zero-order chi connectivity index (χ0) is 13.9. The zero-order valence-corrected chi connectivity index (χ0v) is 11.0. The molecular formula is C15H14N4O. The summed E-state index contributed by atoms with van der Waals surface area (Å²) in [5, 5.41) is 5.02. The second-order valence-corrected chi connectivity index (χ2v) is 4.27. The number of ether oxygens (including phenoxy) is 1. The van der Waals surface area contributed by atoms with Gasteiger partial charge in [-0.15, -0.1) is 0 Å². The van der Waals surface area contributed by atoms with Gasteiger partial charge in [-0.1, -0.05) is 36.4 Å². The summed E-state index contributed by atoms with van der Waals surface area (Å²) < 4.78 is 5.85. The van der Waals surface area contributed by atoms with Crippen LogP contribution in [0.2, 0.25) is 0 Å². The lowest BCUT2D eigenvalue weighted by atomic mass is 10.1. The summed E-state index contributed by atoms with van der Waals surface area (Å²) in [6.45, 7) is 0. The summed E-state index contributed by atoms with van der Waals surface area (Å²) in [6, 6.07) is 13.9. The molecular weight excluding hydrogens is 252 g/mol. The monoisotopic (exact) mass is 266 g/mol. The number of anilines is 2. The molecule has 0 spiro atoms. The van der Waals surface area contributed by atoms with Gasteiger partial charge in [0, 0.05) is 12.4 Å². The molecule has 3 aromatic rings. The number of nitrogens with two attached hydrogens (primary N) is 1. The van der Waals surface area contributed by atoms with Gasteiger partial charge in [0.05, 0.1) is 0 Å². The van der Waals surface area contributed by atoms with E-state index in [1.54, 1.807) is 7.05 Å². The normalized spacial score (nSPS) is 10.4. The molecule has 0 amide bonds. The van der Waals surface area contributed by atoms with Crippen LogP contribution in [0.25, 0.3) is 10.8 Å². The molecule has 0 radical (unpaired) electrons. The third-order valence-corrected chi connectivity index (χ3v) is 3.04. The average molecular weight is 266 g/mol. The summed E-state index contributed by atoms with van der Waals surface area (Å²) in [7, 11) is 1.75. The van der Waals surface area contributed by atoms with Crippen molar-refractivity contribution in [3.63, 3.8) is 0 Å². The van der Waals surface area contributed by atoms with Crippen molar-refractivity contribution in [1.29, 1.82) is 0 Å². The van der Waals surface area contributed by atoms with E-state index in [0.29, 0.717) is 17.4 Å². The van der Waals surface area contributed by atoms with Crippen molar-refractivity contribution in [1.82, 2.24) is 9.97 Å². The molecule has 0 saturated carbocycles. The van der Waals surface area contributed by atoms with E-state index in [4.69, 9.17) is 10.5 Å². The standard InChI is InChI=1S/C15H14N4O/c1-17-14-13(16)15(19-9-18-14)20-12-8-4-6-10-5-2-3-7-11(10)12/h2-9H,16H2,1H3,(H,17,18,19). The maximum Gasteiger partial charge on any atom is 0.248 e. The first kappa shape index (κ1) is 12.2. The van der Waals surface area contributed by atoms with Gasteiger partial charge in [-0.05, 0) is 11.5 Å². The van der Waals surface area contributed by atoms with Crippen molar-refractivity contribution in [2.75, 3.05) is 18.1 Å². The number of hydrogen-bond donors (Lipinski definition) is 2. The Kier molecular flexibility index (Phi) is 3.09. The van der Waals surface area contributed by atoms with Crippen LogP contribution in [0.5, 0.6) is 11.6 Å². The highest BCUT2D eigenvalue weighted by Gasteiger charge is 2.10. The molecule has 5 nitrogen and oxygen atoms in total. The molecule has 0 atom stereocenters. The van der Waals surface area contributed by atoms with Crippen molar-refractivity contribution >= 4 is 22.3 Å². The van der Waals surface area contributed by atoms with E-state index in [9.17, 15) is 0 Å². The first-order chi connectivity index (χ1) is 9.79. The van der Waals surface area contributed by atoms with Crippen LogP contribution >= 0.6 is 0 Å². The maximum atomic E-state index is 5.97. The topological polar surface area (TPSA) is 73.1 Å². The lowest BCUT2D eigenvalue weighted by Gasteiger charge is -2.11. The third-order valence-electron chi connectivity index (χ3n) is 3.04. The third kappa shape index (κ3) is 2.09. The van der Waals surface area contributed by atoms with E-state index in [-0.39, 0.29) is 0 Å². The molecule has 0 aliphatic carbocycles. The van der Waals surface area contributed by atoms with Crippen molar-refractivity contribution in [2.24, 2.45) is 0 Å². The predicted octanol–water partition coefficient (Wildman–Crippen LogP) is 3.05. The first-order valence-electron chi connectivity index (χ1n) is 6.23. The van der Waals surface area contributed by atoms with Crippen LogP contribution in [0.3, 0.4) is 0 Å². The van der Waals surface area contributed by atoms with E-state index < -0.39 is 0 Å². The fourth-order valence-corrected chi connectivity index (χ4v) is 2.05. The number of rotatable bonds is 3. The molecule has 0 aliphatic heterocycles.